The molecule has 0 saturated carbocycles. The average Bonchev–Trinajstić information content (AvgIpc) is 3.01. The van der Waals surface area contributed by atoms with Gasteiger partial charge in [-0.25, -0.2) is 4.98 Å². The summed E-state index contributed by atoms with van der Waals surface area (Å²) in [5.41, 5.74) is 4.86. The summed E-state index contributed by atoms with van der Waals surface area (Å²) in [6, 6.07) is 2.16. The van der Waals surface area contributed by atoms with Crippen LogP contribution in [0, 0.1) is 0 Å². The minimum absolute atomic E-state index is 0.890. The monoisotopic (exact) mass is 244 g/mol. The lowest BCUT2D eigenvalue weighted by atomic mass is 10.0. The number of imidazole rings is 1. The molecule has 1 aliphatic carbocycles. The number of rotatable bonds is 3. The zero-order valence-electron chi connectivity index (χ0n) is 11.2. The van der Waals surface area contributed by atoms with E-state index in [9.17, 15) is 0 Å². The molecule has 0 radical (unpaired) electrons. The van der Waals surface area contributed by atoms with Crippen LogP contribution in [0.3, 0.4) is 0 Å². The number of nitrogens with zero attached hydrogens (tertiary/aromatic N) is 3. The smallest absolute Gasteiger partial charge is 0.156 e. The molecule has 1 N–H and O–H groups in total. The molecule has 0 amide bonds. The summed E-state index contributed by atoms with van der Waals surface area (Å²) >= 11 is 0. The molecule has 0 spiro atoms. The molecule has 0 bridgehead atoms. The number of nitrogens with one attached hydrogen (secondary N) is 1. The zero-order valence-corrected chi connectivity index (χ0v) is 11.2. The number of H-pyrrole nitrogens is 1. The first-order valence-corrected chi connectivity index (χ1v) is 6.96. The highest BCUT2D eigenvalue weighted by atomic mass is 15.3. The molecular formula is C14H20N4. The van der Waals surface area contributed by atoms with Crippen molar-refractivity contribution >= 4 is 0 Å². The number of aryl methyl sites for hydroxylation is 4. The summed E-state index contributed by atoms with van der Waals surface area (Å²) < 4.78 is 2.04. The molecule has 0 fully saturated rings. The maximum atomic E-state index is 4.76. The fraction of sp³-hybridized carbons (Fsp3) is 0.571. The molecule has 0 aliphatic heterocycles. The molecule has 0 aromatic carbocycles. The summed E-state index contributed by atoms with van der Waals surface area (Å²) in [5, 5.41) is 4.59. The van der Waals surface area contributed by atoms with Gasteiger partial charge in [-0.3, -0.25) is 4.68 Å². The molecule has 96 valence electrons. The van der Waals surface area contributed by atoms with Crippen molar-refractivity contribution in [2.24, 2.45) is 0 Å². The van der Waals surface area contributed by atoms with E-state index in [0.29, 0.717) is 0 Å². The third-order valence-corrected chi connectivity index (χ3v) is 3.69. The Hall–Kier alpha value is -1.58. The fourth-order valence-electron chi connectivity index (χ4n) is 2.65. The molecule has 2 heterocycles. The van der Waals surface area contributed by atoms with E-state index in [2.05, 4.69) is 30.0 Å². The third-order valence-electron chi connectivity index (χ3n) is 3.69. The van der Waals surface area contributed by atoms with Gasteiger partial charge in [-0.1, -0.05) is 6.92 Å². The van der Waals surface area contributed by atoms with Gasteiger partial charge in [-0.2, -0.15) is 5.10 Å². The maximum Gasteiger partial charge on any atom is 0.156 e. The van der Waals surface area contributed by atoms with Crippen LogP contribution in [0.15, 0.2) is 6.07 Å². The predicted octanol–water partition coefficient (Wildman–Crippen LogP) is 2.73. The van der Waals surface area contributed by atoms with Crippen LogP contribution in [0.5, 0.6) is 0 Å². The van der Waals surface area contributed by atoms with Crippen LogP contribution in [0.1, 0.15) is 43.8 Å². The van der Waals surface area contributed by atoms with E-state index in [1.807, 2.05) is 4.68 Å². The van der Waals surface area contributed by atoms with Gasteiger partial charge in [0.15, 0.2) is 5.82 Å². The molecule has 1 aliphatic rings. The lowest BCUT2D eigenvalue weighted by Gasteiger charge is -2.07. The number of hydrogen-bond acceptors (Lipinski definition) is 2. The number of aromatic amines is 1. The quantitative estimate of drug-likeness (QED) is 0.902. The van der Waals surface area contributed by atoms with Crippen LogP contribution in [0.4, 0.5) is 0 Å². The molecule has 0 saturated heterocycles. The number of hydrogen-bond donors (Lipinski definition) is 1. The Kier molecular flexibility index (Phi) is 2.94. The molecule has 4 heteroatoms. The van der Waals surface area contributed by atoms with Gasteiger partial charge in [0, 0.05) is 12.2 Å². The Balaban J connectivity index is 2.03. The van der Waals surface area contributed by atoms with Crippen LogP contribution in [0.2, 0.25) is 0 Å². The lowest BCUT2D eigenvalue weighted by Crippen LogP contribution is -2.00. The Labute approximate surface area is 107 Å². The Morgan fingerprint density at radius 3 is 2.83 bits per heavy atom. The highest BCUT2D eigenvalue weighted by Gasteiger charge is 2.17. The van der Waals surface area contributed by atoms with Crippen molar-refractivity contribution in [1.29, 1.82) is 0 Å². The second-order valence-electron chi connectivity index (χ2n) is 4.91. The minimum Gasteiger partial charge on any atom is -0.340 e. The third kappa shape index (κ3) is 1.85. The SMILES string of the molecule is CCc1cc(-c2nc3c([nH]2)CCCC3)n(CC)n1. The summed E-state index contributed by atoms with van der Waals surface area (Å²) in [4.78, 5) is 8.25. The second kappa shape index (κ2) is 4.59. The average molecular weight is 244 g/mol. The first-order chi connectivity index (χ1) is 8.81. The van der Waals surface area contributed by atoms with Gasteiger partial charge >= 0.3 is 0 Å². The van der Waals surface area contributed by atoms with Crippen LogP contribution in [0.25, 0.3) is 11.5 Å². The largest absolute Gasteiger partial charge is 0.340 e. The topological polar surface area (TPSA) is 46.5 Å². The van der Waals surface area contributed by atoms with Crippen molar-refractivity contribution in [1.82, 2.24) is 19.7 Å². The van der Waals surface area contributed by atoms with Gasteiger partial charge in [-0.15, -0.1) is 0 Å². The Bertz CT molecular complexity index is 527. The van der Waals surface area contributed by atoms with Crippen LogP contribution >= 0.6 is 0 Å². The molecule has 2 aromatic rings. The molecular weight excluding hydrogens is 224 g/mol. The van der Waals surface area contributed by atoms with Crippen LogP contribution < -0.4 is 0 Å². The standard InChI is InChI=1S/C14H20N4/c1-3-10-9-13(18(4-2)17-10)14-15-11-7-5-6-8-12(11)16-14/h9H,3-8H2,1-2H3,(H,15,16). The van der Waals surface area contributed by atoms with E-state index in [1.165, 1.54) is 24.2 Å². The van der Waals surface area contributed by atoms with Gasteiger partial charge in [-0.05, 0) is 45.1 Å². The molecule has 0 atom stereocenters. The highest BCUT2D eigenvalue weighted by Crippen LogP contribution is 2.24. The van der Waals surface area contributed by atoms with E-state index < -0.39 is 0 Å². The van der Waals surface area contributed by atoms with Crippen LogP contribution in [-0.4, -0.2) is 19.7 Å². The van der Waals surface area contributed by atoms with E-state index >= 15 is 0 Å². The summed E-state index contributed by atoms with van der Waals surface area (Å²) in [7, 11) is 0. The summed E-state index contributed by atoms with van der Waals surface area (Å²) in [5.74, 6) is 0.996. The van der Waals surface area contributed by atoms with Crippen molar-refractivity contribution in [2.75, 3.05) is 0 Å². The molecule has 0 unspecified atom stereocenters. The van der Waals surface area contributed by atoms with Gasteiger partial charge in [0.2, 0.25) is 0 Å². The number of aromatic nitrogens is 4. The molecule has 4 nitrogen and oxygen atoms in total. The van der Waals surface area contributed by atoms with Crippen molar-refractivity contribution in [3.8, 4) is 11.5 Å². The second-order valence-corrected chi connectivity index (χ2v) is 4.91. The maximum absolute atomic E-state index is 4.76. The van der Waals surface area contributed by atoms with E-state index in [1.54, 1.807) is 0 Å². The van der Waals surface area contributed by atoms with Crippen molar-refractivity contribution in [2.45, 2.75) is 52.5 Å². The Morgan fingerprint density at radius 2 is 2.11 bits per heavy atom. The Morgan fingerprint density at radius 1 is 1.28 bits per heavy atom. The van der Waals surface area contributed by atoms with Gasteiger partial charge < -0.3 is 4.98 Å². The molecule has 2 aromatic heterocycles. The molecule has 18 heavy (non-hydrogen) atoms. The number of fused-ring (bicyclic) bond motifs is 1. The van der Waals surface area contributed by atoms with E-state index in [0.717, 1.165) is 43.0 Å². The molecule has 3 rings (SSSR count). The fourth-order valence-corrected chi connectivity index (χ4v) is 2.65. The van der Waals surface area contributed by atoms with Gasteiger partial charge in [0.1, 0.15) is 5.69 Å². The van der Waals surface area contributed by atoms with E-state index in [-0.39, 0.29) is 0 Å². The van der Waals surface area contributed by atoms with Gasteiger partial charge in [0.05, 0.1) is 11.4 Å². The normalized spacial score (nSPS) is 14.8. The lowest BCUT2D eigenvalue weighted by molar-refractivity contribution is 0.652. The highest BCUT2D eigenvalue weighted by molar-refractivity contribution is 5.52. The first-order valence-electron chi connectivity index (χ1n) is 6.96. The van der Waals surface area contributed by atoms with Crippen molar-refractivity contribution in [3.63, 3.8) is 0 Å². The summed E-state index contributed by atoms with van der Waals surface area (Å²) in [6.45, 7) is 5.15. The minimum atomic E-state index is 0.890. The predicted molar refractivity (Wildman–Crippen MR) is 71.5 cm³/mol. The zero-order chi connectivity index (χ0) is 12.5. The van der Waals surface area contributed by atoms with Crippen molar-refractivity contribution in [3.05, 3.63) is 23.1 Å². The van der Waals surface area contributed by atoms with Crippen LogP contribution in [-0.2, 0) is 25.8 Å². The van der Waals surface area contributed by atoms with E-state index in [4.69, 9.17) is 4.98 Å². The van der Waals surface area contributed by atoms with Crippen molar-refractivity contribution < 1.29 is 0 Å². The van der Waals surface area contributed by atoms with Gasteiger partial charge in [0.25, 0.3) is 0 Å². The summed E-state index contributed by atoms with van der Waals surface area (Å²) in [6.07, 6.45) is 5.78. The first kappa shape index (κ1) is 11.5.